The number of fused-ring (bicyclic) bond motifs is 4. The van der Waals surface area contributed by atoms with E-state index in [0.29, 0.717) is 5.82 Å². The SMILES string of the molecule is c1ccc(-c2ccc(-c3nc(-c4ccc5c(c4)c4c(-c6ccccc6)ccc6oc7cccc5c7c64)nc4ccccc34)cc2)cc1. The van der Waals surface area contributed by atoms with Crippen molar-refractivity contribution in [1.29, 1.82) is 0 Å². The number of hydrogen-bond donors (Lipinski definition) is 0. The molecule has 10 aromatic rings. The van der Waals surface area contributed by atoms with Crippen LogP contribution in [-0.4, -0.2) is 9.97 Å². The minimum Gasteiger partial charge on any atom is -0.456 e. The number of nitrogens with zero attached hydrogens (tertiary/aromatic N) is 2. The minimum atomic E-state index is 0.707. The van der Waals surface area contributed by atoms with E-state index in [9.17, 15) is 0 Å². The zero-order chi connectivity index (χ0) is 30.9. The average Bonchev–Trinajstić information content (AvgIpc) is 3.54. The summed E-state index contributed by atoms with van der Waals surface area (Å²) in [6, 6.07) is 55.4. The highest BCUT2D eigenvalue weighted by molar-refractivity contribution is 6.35. The van der Waals surface area contributed by atoms with Crippen molar-refractivity contribution < 1.29 is 4.42 Å². The first kappa shape index (κ1) is 26.0. The fraction of sp³-hybridized carbons (Fsp3) is 0. The van der Waals surface area contributed by atoms with Crippen LogP contribution in [0.1, 0.15) is 0 Å². The molecule has 0 unspecified atom stereocenters. The molecule has 2 aromatic heterocycles. The Morgan fingerprint density at radius 3 is 1.85 bits per heavy atom. The van der Waals surface area contributed by atoms with E-state index >= 15 is 0 Å². The number of para-hydroxylation sites is 1. The van der Waals surface area contributed by atoms with Crippen LogP contribution in [0.5, 0.6) is 0 Å². The Morgan fingerprint density at radius 1 is 0.362 bits per heavy atom. The normalized spacial score (nSPS) is 11.8. The van der Waals surface area contributed by atoms with Crippen molar-refractivity contribution in [3.63, 3.8) is 0 Å². The second-order valence-electron chi connectivity index (χ2n) is 12.1. The van der Waals surface area contributed by atoms with E-state index < -0.39 is 0 Å². The molecule has 3 nitrogen and oxygen atoms in total. The summed E-state index contributed by atoms with van der Waals surface area (Å²) in [5, 5.41) is 8.13. The third-order valence-electron chi connectivity index (χ3n) is 9.45. The molecule has 0 amide bonds. The molecule has 0 atom stereocenters. The summed E-state index contributed by atoms with van der Waals surface area (Å²) >= 11 is 0. The standard InChI is InChI=1S/C44H26N2O/c1-3-10-27(11-4-1)28-18-20-30(21-19-28)43-35-14-7-8-16-37(35)45-44(46-43)31-22-23-33-34-15-9-17-38-41(34)42-39(47-38)25-24-32(40(42)36(33)26-31)29-12-5-2-6-13-29/h1-26H. The van der Waals surface area contributed by atoms with Crippen LogP contribution in [-0.2, 0) is 0 Å². The zero-order valence-electron chi connectivity index (χ0n) is 25.3. The van der Waals surface area contributed by atoms with Gasteiger partial charge in [0.25, 0.3) is 0 Å². The highest BCUT2D eigenvalue weighted by Gasteiger charge is 2.21. The first-order valence-electron chi connectivity index (χ1n) is 15.9. The molecule has 8 aromatic carbocycles. The molecule has 0 aliphatic rings. The molecule has 218 valence electrons. The van der Waals surface area contributed by atoms with E-state index in [-0.39, 0.29) is 0 Å². The number of benzene rings is 8. The molecule has 3 heteroatoms. The van der Waals surface area contributed by atoms with Gasteiger partial charge in [-0.15, -0.1) is 0 Å². The van der Waals surface area contributed by atoms with Crippen molar-refractivity contribution in [3.05, 3.63) is 158 Å². The monoisotopic (exact) mass is 598 g/mol. The lowest BCUT2D eigenvalue weighted by atomic mass is 9.89. The summed E-state index contributed by atoms with van der Waals surface area (Å²) in [6.07, 6.45) is 0. The Balaban J connectivity index is 1.23. The van der Waals surface area contributed by atoms with Crippen LogP contribution < -0.4 is 0 Å². The van der Waals surface area contributed by atoms with Crippen LogP contribution in [0.3, 0.4) is 0 Å². The lowest BCUT2D eigenvalue weighted by Gasteiger charge is -2.14. The summed E-state index contributed by atoms with van der Waals surface area (Å²) in [5.41, 5.74) is 10.5. The fourth-order valence-corrected chi connectivity index (χ4v) is 7.27. The topological polar surface area (TPSA) is 38.9 Å². The first-order valence-corrected chi connectivity index (χ1v) is 15.9. The van der Waals surface area contributed by atoms with E-state index in [1.165, 1.54) is 54.6 Å². The molecule has 0 saturated heterocycles. The van der Waals surface area contributed by atoms with Crippen LogP contribution in [0, 0.1) is 0 Å². The molecular formula is C44H26N2O. The second-order valence-corrected chi connectivity index (χ2v) is 12.1. The van der Waals surface area contributed by atoms with Gasteiger partial charge in [0, 0.05) is 32.7 Å². The summed E-state index contributed by atoms with van der Waals surface area (Å²) in [5.74, 6) is 0.707. The smallest absolute Gasteiger partial charge is 0.160 e. The van der Waals surface area contributed by atoms with E-state index in [0.717, 1.165) is 38.9 Å². The van der Waals surface area contributed by atoms with E-state index in [4.69, 9.17) is 14.4 Å². The largest absolute Gasteiger partial charge is 0.456 e. The molecule has 0 radical (unpaired) electrons. The van der Waals surface area contributed by atoms with Crippen LogP contribution in [0.4, 0.5) is 0 Å². The molecule has 10 rings (SSSR count). The Morgan fingerprint density at radius 2 is 1.02 bits per heavy atom. The van der Waals surface area contributed by atoms with Crippen molar-refractivity contribution in [2.75, 3.05) is 0 Å². The molecule has 0 fully saturated rings. The second kappa shape index (κ2) is 10.1. The van der Waals surface area contributed by atoms with Crippen LogP contribution in [0.2, 0.25) is 0 Å². The molecular weight excluding hydrogens is 572 g/mol. The predicted molar refractivity (Wildman–Crippen MR) is 195 cm³/mol. The maximum atomic E-state index is 6.42. The Kier molecular flexibility index (Phi) is 5.57. The summed E-state index contributed by atoms with van der Waals surface area (Å²) in [6.45, 7) is 0. The highest BCUT2D eigenvalue weighted by Crippen LogP contribution is 2.46. The van der Waals surface area contributed by atoms with Gasteiger partial charge in [0.2, 0.25) is 0 Å². The summed E-state index contributed by atoms with van der Waals surface area (Å²) in [4.78, 5) is 10.4. The molecule has 0 bridgehead atoms. The summed E-state index contributed by atoms with van der Waals surface area (Å²) < 4.78 is 6.42. The van der Waals surface area contributed by atoms with Gasteiger partial charge in [0.15, 0.2) is 5.82 Å². The van der Waals surface area contributed by atoms with Crippen LogP contribution in [0.15, 0.2) is 162 Å². The average molecular weight is 599 g/mol. The molecule has 0 N–H and O–H groups in total. The lowest BCUT2D eigenvalue weighted by molar-refractivity contribution is 0.669. The van der Waals surface area contributed by atoms with Crippen molar-refractivity contribution in [3.8, 4) is 44.9 Å². The van der Waals surface area contributed by atoms with Gasteiger partial charge in [-0.1, -0.05) is 133 Å². The number of aromatic nitrogens is 2. The predicted octanol–water partition coefficient (Wildman–Crippen LogP) is 11.9. The van der Waals surface area contributed by atoms with Gasteiger partial charge in [-0.3, -0.25) is 0 Å². The summed E-state index contributed by atoms with van der Waals surface area (Å²) in [7, 11) is 0. The third kappa shape index (κ3) is 4.00. The molecule has 47 heavy (non-hydrogen) atoms. The highest BCUT2D eigenvalue weighted by atomic mass is 16.3. The molecule has 2 heterocycles. The van der Waals surface area contributed by atoms with Gasteiger partial charge in [0.1, 0.15) is 11.2 Å². The maximum absolute atomic E-state index is 6.42. The number of furan rings is 1. The Hall–Kier alpha value is -6.32. The van der Waals surface area contributed by atoms with Gasteiger partial charge in [0.05, 0.1) is 11.2 Å². The van der Waals surface area contributed by atoms with Crippen molar-refractivity contribution in [2.45, 2.75) is 0 Å². The van der Waals surface area contributed by atoms with Gasteiger partial charge in [-0.05, 0) is 62.7 Å². The van der Waals surface area contributed by atoms with E-state index in [1.54, 1.807) is 0 Å². The van der Waals surface area contributed by atoms with Gasteiger partial charge in [-0.2, -0.15) is 0 Å². The minimum absolute atomic E-state index is 0.707. The Labute approximate surface area is 270 Å². The quantitative estimate of drug-likeness (QED) is 0.189. The molecule has 0 spiro atoms. The van der Waals surface area contributed by atoms with Gasteiger partial charge in [-0.25, -0.2) is 9.97 Å². The molecule has 0 aliphatic heterocycles. The maximum Gasteiger partial charge on any atom is 0.160 e. The van der Waals surface area contributed by atoms with E-state index in [2.05, 4.69) is 146 Å². The Bertz CT molecular complexity index is 2760. The fourth-order valence-electron chi connectivity index (χ4n) is 7.27. The van der Waals surface area contributed by atoms with Gasteiger partial charge >= 0.3 is 0 Å². The van der Waals surface area contributed by atoms with E-state index in [1.807, 2.05) is 12.1 Å². The molecule has 0 aliphatic carbocycles. The number of hydrogen-bond acceptors (Lipinski definition) is 3. The van der Waals surface area contributed by atoms with Crippen LogP contribution >= 0.6 is 0 Å². The zero-order valence-corrected chi connectivity index (χ0v) is 25.3. The molecule has 0 saturated carbocycles. The van der Waals surface area contributed by atoms with Crippen molar-refractivity contribution >= 4 is 54.4 Å². The van der Waals surface area contributed by atoms with Crippen molar-refractivity contribution in [1.82, 2.24) is 9.97 Å². The van der Waals surface area contributed by atoms with Crippen LogP contribution in [0.25, 0.3) is 99.3 Å². The lowest BCUT2D eigenvalue weighted by Crippen LogP contribution is -1.95. The van der Waals surface area contributed by atoms with Gasteiger partial charge < -0.3 is 4.42 Å². The third-order valence-corrected chi connectivity index (χ3v) is 9.45. The first-order chi connectivity index (χ1) is 23.3. The number of rotatable bonds is 4. The van der Waals surface area contributed by atoms with Crippen molar-refractivity contribution in [2.24, 2.45) is 0 Å².